The molecule has 0 bridgehead atoms. The summed E-state index contributed by atoms with van der Waals surface area (Å²) in [6.45, 7) is 3.40. The zero-order valence-electron chi connectivity index (χ0n) is 12.1. The van der Waals surface area contributed by atoms with E-state index in [1.165, 1.54) is 11.1 Å². The molecule has 21 heavy (non-hydrogen) atoms. The van der Waals surface area contributed by atoms with Gasteiger partial charge in [-0.1, -0.05) is 24.3 Å². The summed E-state index contributed by atoms with van der Waals surface area (Å²) in [7, 11) is 0. The fourth-order valence-electron chi connectivity index (χ4n) is 2.76. The first-order valence-corrected chi connectivity index (χ1v) is 7.34. The van der Waals surface area contributed by atoms with Crippen LogP contribution in [0.1, 0.15) is 30.1 Å². The Labute approximate surface area is 124 Å². The minimum atomic E-state index is -0.293. The number of aromatic nitrogens is 2. The Morgan fingerprint density at radius 2 is 2.33 bits per heavy atom. The van der Waals surface area contributed by atoms with Gasteiger partial charge in [-0.3, -0.25) is 9.48 Å². The van der Waals surface area contributed by atoms with Gasteiger partial charge in [0.25, 0.3) is 0 Å². The highest BCUT2D eigenvalue weighted by atomic mass is 16.2. The first-order chi connectivity index (χ1) is 10.3. The van der Waals surface area contributed by atoms with Crippen LogP contribution in [0.2, 0.25) is 0 Å². The van der Waals surface area contributed by atoms with Crippen molar-refractivity contribution in [1.82, 2.24) is 20.4 Å². The fourth-order valence-corrected chi connectivity index (χ4v) is 2.76. The number of rotatable bonds is 4. The summed E-state index contributed by atoms with van der Waals surface area (Å²) in [5, 5.41) is 10.6. The minimum absolute atomic E-state index is 0.0106. The molecule has 0 saturated heterocycles. The quantitative estimate of drug-likeness (QED) is 0.893. The van der Waals surface area contributed by atoms with Gasteiger partial charge in [0.1, 0.15) is 6.04 Å². The van der Waals surface area contributed by atoms with Crippen LogP contribution in [0.15, 0.2) is 42.7 Å². The van der Waals surface area contributed by atoms with Crippen molar-refractivity contribution in [1.29, 1.82) is 0 Å². The van der Waals surface area contributed by atoms with Crippen molar-refractivity contribution in [2.45, 2.75) is 25.4 Å². The zero-order chi connectivity index (χ0) is 14.7. The van der Waals surface area contributed by atoms with E-state index >= 15 is 0 Å². The molecule has 1 aliphatic heterocycles. The number of carbonyl (C=O) groups excluding carboxylic acids is 1. The first kappa shape index (κ1) is 13.8. The van der Waals surface area contributed by atoms with Crippen molar-refractivity contribution in [3.8, 4) is 0 Å². The molecule has 1 aliphatic rings. The van der Waals surface area contributed by atoms with E-state index in [0.29, 0.717) is 6.54 Å². The van der Waals surface area contributed by atoms with Crippen molar-refractivity contribution in [2.75, 3.05) is 13.1 Å². The molecule has 0 fully saturated rings. The third kappa shape index (κ3) is 2.97. The first-order valence-electron chi connectivity index (χ1n) is 7.34. The van der Waals surface area contributed by atoms with Crippen LogP contribution in [-0.2, 0) is 11.2 Å². The highest BCUT2D eigenvalue weighted by molar-refractivity contribution is 5.79. The maximum atomic E-state index is 12.2. The monoisotopic (exact) mass is 284 g/mol. The Balaban J connectivity index is 1.62. The summed E-state index contributed by atoms with van der Waals surface area (Å²) >= 11 is 0. The Bertz CT molecular complexity index is 608. The van der Waals surface area contributed by atoms with Crippen LogP contribution < -0.4 is 10.6 Å². The third-order valence-corrected chi connectivity index (χ3v) is 4.00. The minimum Gasteiger partial charge on any atom is -0.352 e. The van der Waals surface area contributed by atoms with Crippen LogP contribution in [0, 0.1) is 0 Å². The second-order valence-electron chi connectivity index (χ2n) is 5.36. The average Bonchev–Trinajstić information content (AvgIpc) is 3.06. The molecular weight excluding hydrogens is 264 g/mol. The van der Waals surface area contributed by atoms with Crippen LogP contribution >= 0.6 is 0 Å². The second-order valence-corrected chi connectivity index (χ2v) is 5.36. The van der Waals surface area contributed by atoms with E-state index < -0.39 is 0 Å². The summed E-state index contributed by atoms with van der Waals surface area (Å²) in [5.74, 6) is -0.0106. The standard InChI is InChI=1S/C16H20N4O/c1-12(20-10-4-8-19-20)16(21)18-11-15-14-6-3-2-5-13(14)7-9-17-15/h2-6,8,10,12,15,17H,7,9,11H2,1H3,(H,18,21). The summed E-state index contributed by atoms with van der Waals surface area (Å²) in [5.41, 5.74) is 2.66. The van der Waals surface area contributed by atoms with Gasteiger partial charge in [0.05, 0.1) is 0 Å². The lowest BCUT2D eigenvalue weighted by Gasteiger charge is -2.27. The van der Waals surface area contributed by atoms with Crippen LogP contribution in [-0.4, -0.2) is 28.8 Å². The summed E-state index contributed by atoms with van der Waals surface area (Å²) in [6, 6.07) is 10.1. The van der Waals surface area contributed by atoms with Crippen molar-refractivity contribution in [2.24, 2.45) is 0 Å². The topological polar surface area (TPSA) is 59.0 Å². The fraction of sp³-hybridized carbons (Fsp3) is 0.375. The normalized spacial score (nSPS) is 18.8. The zero-order valence-corrected chi connectivity index (χ0v) is 12.1. The molecular formula is C16H20N4O. The van der Waals surface area contributed by atoms with Gasteiger partial charge in [0, 0.05) is 25.0 Å². The molecule has 1 amide bonds. The predicted molar refractivity (Wildman–Crippen MR) is 80.8 cm³/mol. The molecule has 1 aromatic carbocycles. The second kappa shape index (κ2) is 6.10. The molecule has 110 valence electrons. The van der Waals surface area contributed by atoms with Gasteiger partial charge >= 0.3 is 0 Å². The number of benzene rings is 1. The number of nitrogens with zero attached hydrogens (tertiary/aromatic N) is 2. The SMILES string of the molecule is CC(C(=O)NCC1NCCc2ccccc21)n1cccn1. The molecule has 0 spiro atoms. The third-order valence-electron chi connectivity index (χ3n) is 4.00. The Morgan fingerprint density at radius 3 is 3.14 bits per heavy atom. The number of fused-ring (bicyclic) bond motifs is 1. The van der Waals surface area contributed by atoms with Crippen LogP contribution in [0.5, 0.6) is 0 Å². The van der Waals surface area contributed by atoms with E-state index in [9.17, 15) is 4.79 Å². The maximum Gasteiger partial charge on any atom is 0.244 e. The molecule has 5 nitrogen and oxygen atoms in total. The molecule has 0 aliphatic carbocycles. The van der Waals surface area contributed by atoms with Crippen LogP contribution in [0.25, 0.3) is 0 Å². The predicted octanol–water partition coefficient (Wildman–Crippen LogP) is 1.45. The van der Waals surface area contributed by atoms with Crippen molar-refractivity contribution < 1.29 is 4.79 Å². The molecule has 1 aromatic heterocycles. The molecule has 2 unspecified atom stereocenters. The van der Waals surface area contributed by atoms with E-state index in [1.807, 2.05) is 19.1 Å². The van der Waals surface area contributed by atoms with Gasteiger partial charge in [-0.05, 0) is 37.1 Å². The van der Waals surface area contributed by atoms with Gasteiger partial charge in [-0.2, -0.15) is 5.10 Å². The Hall–Kier alpha value is -2.14. The van der Waals surface area contributed by atoms with E-state index in [0.717, 1.165) is 13.0 Å². The van der Waals surface area contributed by atoms with Crippen molar-refractivity contribution in [3.63, 3.8) is 0 Å². The summed E-state index contributed by atoms with van der Waals surface area (Å²) in [6.07, 6.45) is 4.53. The van der Waals surface area contributed by atoms with Crippen LogP contribution in [0.4, 0.5) is 0 Å². The van der Waals surface area contributed by atoms with E-state index in [1.54, 1.807) is 17.1 Å². The van der Waals surface area contributed by atoms with Gasteiger partial charge < -0.3 is 10.6 Å². The lowest BCUT2D eigenvalue weighted by atomic mass is 9.94. The molecule has 3 rings (SSSR count). The highest BCUT2D eigenvalue weighted by Crippen LogP contribution is 2.21. The van der Waals surface area contributed by atoms with Gasteiger partial charge in [0.2, 0.25) is 5.91 Å². The largest absolute Gasteiger partial charge is 0.352 e. The Morgan fingerprint density at radius 1 is 1.48 bits per heavy atom. The molecule has 0 radical (unpaired) electrons. The maximum absolute atomic E-state index is 12.2. The molecule has 2 N–H and O–H groups in total. The number of hydrogen-bond acceptors (Lipinski definition) is 3. The van der Waals surface area contributed by atoms with Gasteiger partial charge in [-0.25, -0.2) is 0 Å². The molecule has 5 heteroatoms. The number of nitrogens with one attached hydrogen (secondary N) is 2. The van der Waals surface area contributed by atoms with Gasteiger partial charge in [-0.15, -0.1) is 0 Å². The van der Waals surface area contributed by atoms with Gasteiger partial charge in [0.15, 0.2) is 0 Å². The van der Waals surface area contributed by atoms with Crippen molar-refractivity contribution >= 4 is 5.91 Å². The Kier molecular flexibility index (Phi) is 4.01. The average molecular weight is 284 g/mol. The summed E-state index contributed by atoms with van der Waals surface area (Å²) < 4.78 is 1.66. The van der Waals surface area contributed by atoms with E-state index in [-0.39, 0.29) is 18.0 Å². The number of hydrogen-bond donors (Lipinski definition) is 2. The summed E-state index contributed by atoms with van der Waals surface area (Å²) in [4.78, 5) is 12.2. The van der Waals surface area contributed by atoms with Crippen molar-refractivity contribution in [3.05, 3.63) is 53.9 Å². The molecule has 2 aromatic rings. The van der Waals surface area contributed by atoms with E-state index in [4.69, 9.17) is 0 Å². The number of carbonyl (C=O) groups is 1. The highest BCUT2D eigenvalue weighted by Gasteiger charge is 2.21. The molecule has 0 saturated carbocycles. The number of amides is 1. The molecule has 2 atom stereocenters. The molecule has 2 heterocycles. The van der Waals surface area contributed by atoms with E-state index in [2.05, 4.69) is 33.9 Å². The lowest BCUT2D eigenvalue weighted by Crippen LogP contribution is -2.40. The smallest absolute Gasteiger partial charge is 0.244 e. The lowest BCUT2D eigenvalue weighted by molar-refractivity contribution is -0.124. The van der Waals surface area contributed by atoms with Crippen LogP contribution in [0.3, 0.4) is 0 Å².